The van der Waals surface area contributed by atoms with Crippen molar-refractivity contribution in [2.75, 3.05) is 0 Å². The molecule has 0 aliphatic heterocycles. The molecule has 8 nitrogen and oxygen atoms in total. The molecule has 3 aromatic rings. The van der Waals surface area contributed by atoms with Crippen LogP contribution in [0.25, 0.3) is 11.6 Å². The van der Waals surface area contributed by atoms with Gasteiger partial charge >= 0.3 is 0 Å². The number of furan rings is 1. The maximum atomic E-state index is 5.30. The van der Waals surface area contributed by atoms with Gasteiger partial charge in [0, 0.05) is 0 Å². The van der Waals surface area contributed by atoms with Crippen LogP contribution in [0, 0.1) is 0 Å². The number of hydrogen-bond donors (Lipinski definition) is 0. The molecule has 108 valence electrons. The predicted molar refractivity (Wildman–Crippen MR) is 72.4 cm³/mol. The molecule has 0 aromatic carbocycles. The molecule has 1 saturated carbocycles. The Morgan fingerprint density at radius 2 is 2.33 bits per heavy atom. The molecule has 1 aliphatic carbocycles. The van der Waals surface area contributed by atoms with E-state index < -0.39 is 0 Å². The van der Waals surface area contributed by atoms with Crippen LogP contribution >= 0.6 is 11.8 Å². The molecule has 1 atom stereocenters. The molecule has 0 N–H and O–H groups in total. The summed E-state index contributed by atoms with van der Waals surface area (Å²) in [6.07, 6.45) is 3.85. The summed E-state index contributed by atoms with van der Waals surface area (Å²) < 4.78 is 12.4. The molecule has 0 radical (unpaired) electrons. The van der Waals surface area contributed by atoms with Gasteiger partial charge in [-0.3, -0.25) is 0 Å². The molecule has 1 fully saturated rings. The van der Waals surface area contributed by atoms with E-state index in [0.29, 0.717) is 23.5 Å². The van der Waals surface area contributed by atoms with Crippen LogP contribution in [0.4, 0.5) is 0 Å². The third kappa shape index (κ3) is 2.44. The van der Waals surface area contributed by atoms with E-state index in [1.807, 2.05) is 11.6 Å². The number of hydrogen-bond acceptors (Lipinski definition) is 8. The van der Waals surface area contributed by atoms with Crippen LogP contribution in [0.1, 0.15) is 36.9 Å². The van der Waals surface area contributed by atoms with Gasteiger partial charge in [-0.1, -0.05) is 16.9 Å². The molecule has 0 bridgehead atoms. The molecular formula is C12H12N6O2S. The second-order valence-corrected chi connectivity index (χ2v) is 6.14. The van der Waals surface area contributed by atoms with Gasteiger partial charge in [-0.2, -0.15) is 4.98 Å². The maximum absolute atomic E-state index is 5.30. The van der Waals surface area contributed by atoms with Crippen molar-refractivity contribution < 1.29 is 8.94 Å². The van der Waals surface area contributed by atoms with E-state index >= 15 is 0 Å². The Bertz CT molecular complexity index is 733. The van der Waals surface area contributed by atoms with Gasteiger partial charge in [0.25, 0.3) is 0 Å². The standard InChI is InChI=1S/C12H12N6O2S/c1-7(21-12-14-16-17-18(12)8-4-5-8)11-13-10(15-20-11)9-3-2-6-19-9/h2-3,6-8H,4-5H2,1H3/t7-/m0/s1. The molecule has 1 aliphatic rings. The van der Waals surface area contributed by atoms with E-state index in [1.54, 1.807) is 18.4 Å². The van der Waals surface area contributed by atoms with Gasteiger partial charge in [0.15, 0.2) is 5.76 Å². The highest BCUT2D eigenvalue weighted by Crippen LogP contribution is 2.39. The number of aromatic nitrogens is 6. The van der Waals surface area contributed by atoms with E-state index in [9.17, 15) is 0 Å². The summed E-state index contributed by atoms with van der Waals surface area (Å²) in [7, 11) is 0. The maximum Gasteiger partial charge on any atom is 0.240 e. The molecule has 0 saturated heterocycles. The first kappa shape index (κ1) is 12.6. The average Bonchev–Trinajstić information content (AvgIpc) is 2.94. The minimum atomic E-state index is -0.0373. The van der Waals surface area contributed by atoms with E-state index in [-0.39, 0.29) is 5.25 Å². The van der Waals surface area contributed by atoms with Crippen LogP contribution in [0.2, 0.25) is 0 Å². The van der Waals surface area contributed by atoms with Gasteiger partial charge in [-0.15, -0.1) is 5.10 Å². The van der Waals surface area contributed by atoms with Crippen LogP contribution in [-0.4, -0.2) is 30.3 Å². The van der Waals surface area contributed by atoms with Crippen LogP contribution in [0.5, 0.6) is 0 Å². The van der Waals surface area contributed by atoms with Crippen molar-refractivity contribution in [1.82, 2.24) is 30.3 Å². The van der Waals surface area contributed by atoms with Crippen molar-refractivity contribution in [3.8, 4) is 11.6 Å². The summed E-state index contributed by atoms with van der Waals surface area (Å²) >= 11 is 1.51. The first-order chi connectivity index (χ1) is 10.3. The quantitative estimate of drug-likeness (QED) is 0.663. The molecule has 9 heteroatoms. The van der Waals surface area contributed by atoms with Crippen molar-refractivity contribution in [2.24, 2.45) is 0 Å². The Morgan fingerprint density at radius 3 is 3.10 bits per heavy atom. The fraction of sp³-hybridized carbons (Fsp3) is 0.417. The normalized spacial score (nSPS) is 16.2. The molecule has 0 amide bonds. The van der Waals surface area contributed by atoms with Gasteiger partial charge in [0.05, 0.1) is 17.6 Å². The SMILES string of the molecule is C[C@H](Sc1nnnn1C1CC1)c1nc(-c2ccco2)no1. The topological polar surface area (TPSA) is 95.7 Å². The number of nitrogens with zero attached hydrogens (tertiary/aromatic N) is 6. The first-order valence-corrected chi connectivity index (χ1v) is 7.51. The van der Waals surface area contributed by atoms with E-state index in [1.165, 1.54) is 11.8 Å². The van der Waals surface area contributed by atoms with Crippen molar-refractivity contribution in [2.45, 2.75) is 36.2 Å². The van der Waals surface area contributed by atoms with Crippen molar-refractivity contribution in [1.29, 1.82) is 0 Å². The minimum Gasteiger partial charge on any atom is -0.461 e. The highest BCUT2D eigenvalue weighted by molar-refractivity contribution is 7.99. The number of rotatable bonds is 5. The Balaban J connectivity index is 1.52. The van der Waals surface area contributed by atoms with Crippen molar-refractivity contribution in [3.05, 3.63) is 24.3 Å². The molecule has 21 heavy (non-hydrogen) atoms. The second-order valence-electron chi connectivity index (χ2n) is 4.83. The minimum absolute atomic E-state index is 0.0373. The fourth-order valence-corrected chi connectivity index (χ4v) is 2.82. The third-order valence-corrected chi connectivity index (χ3v) is 4.20. The summed E-state index contributed by atoms with van der Waals surface area (Å²) in [6, 6.07) is 4.02. The number of tetrazole rings is 1. The molecule has 4 rings (SSSR count). The average molecular weight is 304 g/mol. The smallest absolute Gasteiger partial charge is 0.240 e. The molecule has 3 heterocycles. The van der Waals surface area contributed by atoms with Crippen LogP contribution in [0.3, 0.4) is 0 Å². The van der Waals surface area contributed by atoms with Crippen LogP contribution < -0.4 is 0 Å². The Labute approximate surface area is 123 Å². The molecular weight excluding hydrogens is 292 g/mol. The summed E-state index contributed by atoms with van der Waals surface area (Å²) in [5.74, 6) is 1.56. The molecule has 0 unspecified atom stereocenters. The number of thioether (sulfide) groups is 1. The van der Waals surface area contributed by atoms with E-state index in [0.717, 1.165) is 18.0 Å². The third-order valence-electron chi connectivity index (χ3n) is 3.17. The lowest BCUT2D eigenvalue weighted by Crippen LogP contribution is -2.00. The zero-order chi connectivity index (χ0) is 14.2. The first-order valence-electron chi connectivity index (χ1n) is 6.63. The zero-order valence-electron chi connectivity index (χ0n) is 11.2. The summed E-state index contributed by atoms with van der Waals surface area (Å²) in [5.41, 5.74) is 0. The Hall–Kier alpha value is -2.16. The van der Waals surface area contributed by atoms with Gasteiger partial charge in [-0.25, -0.2) is 4.68 Å². The van der Waals surface area contributed by atoms with Crippen LogP contribution in [-0.2, 0) is 0 Å². The highest BCUT2D eigenvalue weighted by atomic mass is 32.2. The fourth-order valence-electron chi connectivity index (χ4n) is 1.93. The summed E-state index contributed by atoms with van der Waals surface area (Å²) in [6.45, 7) is 1.98. The van der Waals surface area contributed by atoms with Gasteiger partial charge in [-0.05, 0) is 42.3 Å². The van der Waals surface area contributed by atoms with E-state index in [2.05, 4.69) is 25.7 Å². The Kier molecular flexibility index (Phi) is 2.99. The highest BCUT2D eigenvalue weighted by Gasteiger charge is 2.29. The lowest BCUT2D eigenvalue weighted by Gasteiger charge is -2.05. The van der Waals surface area contributed by atoms with Crippen LogP contribution in [0.15, 0.2) is 32.5 Å². The molecule has 3 aromatic heterocycles. The Morgan fingerprint density at radius 1 is 1.43 bits per heavy atom. The largest absolute Gasteiger partial charge is 0.461 e. The monoisotopic (exact) mass is 304 g/mol. The summed E-state index contributed by atoms with van der Waals surface area (Å²) in [5, 5.41) is 16.5. The molecule has 0 spiro atoms. The summed E-state index contributed by atoms with van der Waals surface area (Å²) in [4.78, 5) is 4.35. The van der Waals surface area contributed by atoms with E-state index in [4.69, 9.17) is 8.94 Å². The lowest BCUT2D eigenvalue weighted by atomic mass is 10.4. The van der Waals surface area contributed by atoms with Gasteiger partial charge in [0.1, 0.15) is 0 Å². The van der Waals surface area contributed by atoms with Gasteiger partial charge < -0.3 is 8.94 Å². The van der Waals surface area contributed by atoms with Crippen molar-refractivity contribution >= 4 is 11.8 Å². The van der Waals surface area contributed by atoms with Gasteiger partial charge in [0.2, 0.25) is 16.9 Å². The lowest BCUT2D eigenvalue weighted by molar-refractivity contribution is 0.379. The second kappa shape index (κ2) is 4.99. The zero-order valence-corrected chi connectivity index (χ0v) is 12.0. The predicted octanol–water partition coefficient (Wildman–Crippen LogP) is 2.50. The van der Waals surface area contributed by atoms with Crippen molar-refractivity contribution in [3.63, 3.8) is 0 Å².